The van der Waals surface area contributed by atoms with Crippen LogP contribution in [-0.4, -0.2) is 34.9 Å². The molecule has 0 saturated heterocycles. The van der Waals surface area contributed by atoms with E-state index in [1.807, 2.05) is 30.3 Å². The maximum absolute atomic E-state index is 12.3. The lowest BCUT2D eigenvalue weighted by atomic mass is 10.2. The quantitative estimate of drug-likeness (QED) is 0.810. The Bertz CT molecular complexity index is 692. The number of benzene rings is 1. The minimum atomic E-state index is -0.962. The van der Waals surface area contributed by atoms with E-state index in [2.05, 4.69) is 9.84 Å². The molecule has 0 fully saturated rings. The molecule has 0 radical (unpaired) electrons. The average molecular weight is 302 g/mol. The van der Waals surface area contributed by atoms with E-state index in [0.717, 1.165) is 5.69 Å². The molecule has 0 saturated carbocycles. The van der Waals surface area contributed by atoms with Crippen molar-refractivity contribution >= 4 is 11.9 Å². The number of aryl methyl sites for hydroxylation is 1. The predicted molar refractivity (Wildman–Crippen MR) is 79.9 cm³/mol. The zero-order valence-corrected chi connectivity index (χ0v) is 13.0. The van der Waals surface area contributed by atoms with Crippen LogP contribution >= 0.6 is 0 Å². The molecule has 0 aliphatic rings. The van der Waals surface area contributed by atoms with Crippen LogP contribution in [0.3, 0.4) is 0 Å². The minimum absolute atomic E-state index is 0.361. The van der Waals surface area contributed by atoms with Gasteiger partial charge in [0.25, 0.3) is 0 Å². The lowest BCUT2D eigenvalue weighted by molar-refractivity contribution is -0.149. The Labute approximate surface area is 128 Å². The summed E-state index contributed by atoms with van der Waals surface area (Å²) in [6.45, 7) is 4.98. The predicted octanol–water partition coefficient (Wildman–Crippen LogP) is 2.21. The number of ether oxygens (including phenoxy) is 2. The van der Waals surface area contributed by atoms with E-state index in [1.54, 1.807) is 18.5 Å². The Morgan fingerprint density at radius 3 is 2.41 bits per heavy atom. The van der Waals surface area contributed by atoms with Crippen LogP contribution in [0.2, 0.25) is 0 Å². The fourth-order valence-corrected chi connectivity index (χ4v) is 2.19. The van der Waals surface area contributed by atoms with E-state index >= 15 is 0 Å². The second-order valence-electron chi connectivity index (χ2n) is 4.86. The first-order valence-electron chi connectivity index (χ1n) is 6.86. The SMILES string of the molecule is COC(=O)[C@@H](C)OC(=O)c1c(C)nn(-c2ccccc2)c1C. The third kappa shape index (κ3) is 3.00. The van der Waals surface area contributed by atoms with Gasteiger partial charge in [-0.15, -0.1) is 0 Å². The number of para-hydroxylation sites is 1. The first kappa shape index (κ1) is 15.8. The Hall–Kier alpha value is -2.63. The van der Waals surface area contributed by atoms with Gasteiger partial charge in [0.1, 0.15) is 5.56 Å². The highest BCUT2D eigenvalue weighted by Gasteiger charge is 2.25. The molecule has 0 aliphatic heterocycles. The van der Waals surface area contributed by atoms with E-state index in [-0.39, 0.29) is 0 Å². The van der Waals surface area contributed by atoms with Crippen molar-refractivity contribution in [3.63, 3.8) is 0 Å². The van der Waals surface area contributed by atoms with E-state index in [9.17, 15) is 9.59 Å². The van der Waals surface area contributed by atoms with Gasteiger partial charge in [0, 0.05) is 0 Å². The van der Waals surface area contributed by atoms with Crippen molar-refractivity contribution in [2.75, 3.05) is 7.11 Å². The summed E-state index contributed by atoms with van der Waals surface area (Å²) in [4.78, 5) is 23.6. The molecule has 1 atom stereocenters. The summed E-state index contributed by atoms with van der Waals surface area (Å²) in [5.41, 5.74) is 2.41. The molecule has 6 heteroatoms. The topological polar surface area (TPSA) is 70.4 Å². The maximum Gasteiger partial charge on any atom is 0.346 e. The number of esters is 2. The monoisotopic (exact) mass is 302 g/mol. The van der Waals surface area contributed by atoms with Gasteiger partial charge in [0.05, 0.1) is 24.2 Å². The van der Waals surface area contributed by atoms with E-state index in [1.165, 1.54) is 14.0 Å². The smallest absolute Gasteiger partial charge is 0.346 e. The van der Waals surface area contributed by atoms with Crippen LogP contribution in [0.1, 0.15) is 28.7 Å². The first-order valence-corrected chi connectivity index (χ1v) is 6.86. The van der Waals surface area contributed by atoms with Crippen LogP contribution in [0.5, 0.6) is 0 Å². The summed E-state index contributed by atoms with van der Waals surface area (Å²) in [5.74, 6) is -1.19. The lowest BCUT2D eigenvalue weighted by Gasteiger charge is -2.11. The normalized spacial score (nSPS) is 11.8. The Balaban J connectivity index is 2.31. The molecule has 1 aromatic carbocycles. The van der Waals surface area contributed by atoms with Crippen LogP contribution in [0.4, 0.5) is 0 Å². The molecule has 116 valence electrons. The molecular weight excluding hydrogens is 284 g/mol. The molecule has 6 nitrogen and oxygen atoms in total. The van der Waals surface area contributed by atoms with E-state index in [4.69, 9.17) is 4.74 Å². The van der Waals surface area contributed by atoms with Crippen molar-refractivity contribution in [3.8, 4) is 5.69 Å². The van der Waals surface area contributed by atoms with Gasteiger partial charge in [0.2, 0.25) is 0 Å². The zero-order chi connectivity index (χ0) is 16.3. The molecule has 2 aromatic rings. The van der Waals surface area contributed by atoms with Gasteiger partial charge in [-0.2, -0.15) is 5.10 Å². The van der Waals surface area contributed by atoms with E-state index in [0.29, 0.717) is 17.0 Å². The number of aromatic nitrogens is 2. The molecule has 22 heavy (non-hydrogen) atoms. The van der Waals surface area contributed by atoms with Gasteiger partial charge in [-0.1, -0.05) is 18.2 Å². The number of rotatable bonds is 4. The van der Waals surface area contributed by atoms with Crippen molar-refractivity contribution in [1.29, 1.82) is 0 Å². The first-order chi connectivity index (χ1) is 10.5. The van der Waals surface area contributed by atoms with Gasteiger partial charge < -0.3 is 9.47 Å². The van der Waals surface area contributed by atoms with Crippen molar-refractivity contribution in [3.05, 3.63) is 47.3 Å². The van der Waals surface area contributed by atoms with Crippen LogP contribution in [0, 0.1) is 13.8 Å². The van der Waals surface area contributed by atoms with Gasteiger partial charge in [-0.25, -0.2) is 14.3 Å². The highest BCUT2D eigenvalue weighted by Crippen LogP contribution is 2.19. The van der Waals surface area contributed by atoms with Crippen LogP contribution < -0.4 is 0 Å². The van der Waals surface area contributed by atoms with Crippen LogP contribution in [0.25, 0.3) is 5.69 Å². The third-order valence-corrected chi connectivity index (χ3v) is 3.31. The molecule has 0 amide bonds. The van der Waals surface area contributed by atoms with Gasteiger partial charge in [-0.3, -0.25) is 0 Å². The fourth-order valence-electron chi connectivity index (χ4n) is 2.19. The number of methoxy groups -OCH3 is 1. The molecule has 1 heterocycles. The van der Waals surface area contributed by atoms with Gasteiger partial charge >= 0.3 is 11.9 Å². The molecular formula is C16H18N2O4. The molecule has 1 aromatic heterocycles. The largest absolute Gasteiger partial charge is 0.466 e. The number of carbonyl (C=O) groups excluding carboxylic acids is 2. The molecule has 0 aliphatic carbocycles. The van der Waals surface area contributed by atoms with Crippen LogP contribution in [-0.2, 0) is 14.3 Å². The highest BCUT2D eigenvalue weighted by molar-refractivity contribution is 5.93. The number of nitrogens with zero attached hydrogens (tertiary/aromatic N) is 2. The van der Waals surface area contributed by atoms with Crippen molar-refractivity contribution < 1.29 is 19.1 Å². The number of hydrogen-bond donors (Lipinski definition) is 0. The fraction of sp³-hybridized carbons (Fsp3) is 0.312. The van der Waals surface area contributed by atoms with E-state index < -0.39 is 18.0 Å². The second kappa shape index (κ2) is 6.43. The maximum atomic E-state index is 12.3. The van der Waals surface area contributed by atoms with Crippen molar-refractivity contribution in [1.82, 2.24) is 9.78 Å². The molecule has 2 rings (SSSR count). The Morgan fingerprint density at radius 1 is 1.18 bits per heavy atom. The number of hydrogen-bond acceptors (Lipinski definition) is 5. The second-order valence-corrected chi connectivity index (χ2v) is 4.86. The molecule has 0 bridgehead atoms. The zero-order valence-electron chi connectivity index (χ0n) is 13.0. The standard InChI is InChI=1S/C16H18N2O4/c1-10-14(16(20)22-12(3)15(19)21-4)11(2)18(17-10)13-8-6-5-7-9-13/h5-9,12H,1-4H3/t12-/m1/s1. The third-order valence-electron chi connectivity index (χ3n) is 3.31. The highest BCUT2D eigenvalue weighted by atomic mass is 16.6. The van der Waals surface area contributed by atoms with Crippen LogP contribution in [0.15, 0.2) is 30.3 Å². The lowest BCUT2D eigenvalue weighted by Crippen LogP contribution is -2.25. The Morgan fingerprint density at radius 2 is 1.82 bits per heavy atom. The molecule has 0 unspecified atom stereocenters. The summed E-state index contributed by atoms with van der Waals surface area (Å²) >= 11 is 0. The molecule has 0 spiro atoms. The average Bonchev–Trinajstić information content (AvgIpc) is 2.82. The summed E-state index contributed by atoms with van der Waals surface area (Å²) in [5, 5.41) is 4.37. The summed E-state index contributed by atoms with van der Waals surface area (Å²) < 4.78 is 11.4. The minimum Gasteiger partial charge on any atom is -0.466 e. The summed E-state index contributed by atoms with van der Waals surface area (Å²) in [6, 6.07) is 9.48. The Kier molecular flexibility index (Phi) is 4.60. The summed E-state index contributed by atoms with van der Waals surface area (Å²) in [7, 11) is 1.25. The molecule has 0 N–H and O–H groups in total. The number of carbonyl (C=O) groups is 2. The summed E-state index contributed by atoms with van der Waals surface area (Å²) in [6.07, 6.45) is -0.962. The van der Waals surface area contributed by atoms with Crippen molar-refractivity contribution in [2.24, 2.45) is 0 Å². The van der Waals surface area contributed by atoms with Gasteiger partial charge in [-0.05, 0) is 32.9 Å². The van der Waals surface area contributed by atoms with Gasteiger partial charge in [0.15, 0.2) is 6.10 Å². The van der Waals surface area contributed by atoms with Crippen molar-refractivity contribution in [2.45, 2.75) is 26.9 Å².